The van der Waals surface area contributed by atoms with E-state index in [1.165, 1.54) is 6.07 Å². The summed E-state index contributed by atoms with van der Waals surface area (Å²) in [7, 11) is -3.49. The quantitative estimate of drug-likeness (QED) is 0.781. The maximum atomic E-state index is 12.3. The second-order valence-electron chi connectivity index (χ2n) is 4.61. The van der Waals surface area contributed by atoms with Crippen LogP contribution in [0.3, 0.4) is 0 Å². The molecule has 0 fully saturated rings. The summed E-state index contributed by atoms with van der Waals surface area (Å²) in [5.74, 6) is -1.16. The lowest BCUT2D eigenvalue weighted by molar-refractivity contribution is 0.0696. The Labute approximate surface area is 119 Å². The van der Waals surface area contributed by atoms with Crippen molar-refractivity contribution >= 4 is 15.8 Å². The summed E-state index contributed by atoms with van der Waals surface area (Å²) in [4.78, 5) is 11.2. The molecule has 0 aliphatic carbocycles. The van der Waals surface area contributed by atoms with Crippen LogP contribution in [-0.4, -0.2) is 38.5 Å². The van der Waals surface area contributed by atoms with Gasteiger partial charge in [-0.15, -0.1) is 0 Å². The fourth-order valence-electron chi connectivity index (χ4n) is 2.00. The summed E-state index contributed by atoms with van der Waals surface area (Å²) in [6, 6.07) is 2.85. The van der Waals surface area contributed by atoms with E-state index in [0.29, 0.717) is 30.8 Å². The zero-order chi connectivity index (χ0) is 15.3. The van der Waals surface area contributed by atoms with Gasteiger partial charge in [0.05, 0.1) is 16.2 Å². The van der Waals surface area contributed by atoms with Gasteiger partial charge < -0.3 is 9.84 Å². The summed E-state index contributed by atoms with van der Waals surface area (Å²) in [5, 5.41) is 9.08. The Morgan fingerprint density at radius 3 is 2.45 bits per heavy atom. The van der Waals surface area contributed by atoms with Crippen molar-refractivity contribution in [1.29, 1.82) is 0 Å². The van der Waals surface area contributed by atoms with E-state index in [1.807, 2.05) is 6.92 Å². The Kier molecular flexibility index (Phi) is 5.71. The number of carbonyl (C=O) groups is 1. The van der Waals surface area contributed by atoms with Crippen molar-refractivity contribution in [1.82, 2.24) is 0 Å². The molecule has 0 amide bonds. The molecule has 1 rings (SSSR count). The van der Waals surface area contributed by atoms with E-state index in [2.05, 4.69) is 0 Å². The molecule has 0 atom stereocenters. The number of rotatable bonds is 7. The average molecular weight is 300 g/mol. The zero-order valence-corrected chi connectivity index (χ0v) is 12.8. The van der Waals surface area contributed by atoms with Gasteiger partial charge in [-0.3, -0.25) is 0 Å². The number of carboxylic acids is 1. The van der Waals surface area contributed by atoms with Crippen LogP contribution in [-0.2, 0) is 14.6 Å². The van der Waals surface area contributed by atoms with Crippen molar-refractivity contribution in [3.63, 3.8) is 0 Å². The molecule has 1 aromatic rings. The van der Waals surface area contributed by atoms with Gasteiger partial charge in [0.25, 0.3) is 0 Å². The van der Waals surface area contributed by atoms with E-state index in [9.17, 15) is 13.2 Å². The third kappa shape index (κ3) is 4.05. The fourth-order valence-corrected chi connectivity index (χ4v) is 3.57. The molecular formula is C14H20O5S. The van der Waals surface area contributed by atoms with E-state index >= 15 is 0 Å². The highest BCUT2D eigenvalue weighted by molar-refractivity contribution is 7.91. The van der Waals surface area contributed by atoms with Crippen LogP contribution in [0.5, 0.6) is 0 Å². The van der Waals surface area contributed by atoms with Gasteiger partial charge in [-0.25, -0.2) is 13.2 Å². The number of aromatic carboxylic acids is 1. The molecule has 6 heteroatoms. The average Bonchev–Trinajstić information content (AvgIpc) is 2.33. The van der Waals surface area contributed by atoms with Gasteiger partial charge in [0.15, 0.2) is 9.84 Å². The van der Waals surface area contributed by atoms with Crippen LogP contribution in [0.25, 0.3) is 0 Å². The minimum Gasteiger partial charge on any atom is -0.478 e. The molecule has 0 aliphatic rings. The normalized spacial score (nSPS) is 11.6. The Morgan fingerprint density at radius 2 is 1.90 bits per heavy atom. The van der Waals surface area contributed by atoms with Gasteiger partial charge in [0.1, 0.15) is 0 Å². The molecular weight excluding hydrogens is 280 g/mol. The number of hydrogen-bond acceptors (Lipinski definition) is 4. The molecule has 0 bridgehead atoms. The third-order valence-electron chi connectivity index (χ3n) is 2.99. The summed E-state index contributed by atoms with van der Waals surface area (Å²) in [5.41, 5.74) is 1.16. The number of carboxylic acid groups (broad SMARTS) is 1. The van der Waals surface area contributed by atoms with Gasteiger partial charge in [-0.1, -0.05) is 6.07 Å². The topological polar surface area (TPSA) is 80.7 Å². The van der Waals surface area contributed by atoms with Crippen LogP contribution in [0.2, 0.25) is 0 Å². The Balaban J connectivity index is 3.05. The predicted molar refractivity (Wildman–Crippen MR) is 76.0 cm³/mol. The predicted octanol–water partition coefficient (Wildman–Crippen LogP) is 2.20. The molecule has 20 heavy (non-hydrogen) atoms. The molecule has 0 heterocycles. The zero-order valence-electron chi connectivity index (χ0n) is 12.0. The first-order valence-electron chi connectivity index (χ1n) is 6.44. The monoisotopic (exact) mass is 300 g/mol. The van der Waals surface area contributed by atoms with Crippen LogP contribution in [0.15, 0.2) is 17.0 Å². The molecule has 0 saturated heterocycles. The Hall–Kier alpha value is -1.40. The lowest BCUT2D eigenvalue weighted by Gasteiger charge is -2.11. The first-order chi connectivity index (χ1) is 9.29. The van der Waals surface area contributed by atoms with E-state index in [4.69, 9.17) is 9.84 Å². The van der Waals surface area contributed by atoms with Crippen LogP contribution in [0, 0.1) is 13.8 Å². The van der Waals surface area contributed by atoms with Crippen LogP contribution in [0.4, 0.5) is 0 Å². The summed E-state index contributed by atoms with van der Waals surface area (Å²) in [6.45, 7) is 6.10. The molecule has 1 aromatic carbocycles. The van der Waals surface area contributed by atoms with E-state index in [0.717, 1.165) is 0 Å². The highest BCUT2D eigenvalue weighted by Crippen LogP contribution is 2.22. The molecule has 0 aromatic heterocycles. The van der Waals surface area contributed by atoms with E-state index in [-0.39, 0.29) is 16.2 Å². The van der Waals surface area contributed by atoms with Crippen molar-refractivity contribution in [3.05, 3.63) is 28.8 Å². The van der Waals surface area contributed by atoms with Crippen LogP contribution in [0.1, 0.15) is 34.8 Å². The maximum Gasteiger partial charge on any atom is 0.335 e. The molecule has 1 N–H and O–H groups in total. The van der Waals surface area contributed by atoms with Crippen molar-refractivity contribution in [2.75, 3.05) is 19.0 Å². The highest BCUT2D eigenvalue weighted by Gasteiger charge is 2.20. The molecule has 112 valence electrons. The largest absolute Gasteiger partial charge is 0.478 e. The Morgan fingerprint density at radius 1 is 1.25 bits per heavy atom. The number of hydrogen-bond donors (Lipinski definition) is 1. The first kappa shape index (κ1) is 16.7. The summed E-state index contributed by atoms with van der Waals surface area (Å²) >= 11 is 0. The van der Waals surface area contributed by atoms with Gasteiger partial charge >= 0.3 is 5.97 Å². The fraction of sp³-hybridized carbons (Fsp3) is 0.500. The minimum atomic E-state index is -3.49. The maximum absolute atomic E-state index is 12.3. The number of aryl methyl sites for hydroxylation is 2. The number of benzene rings is 1. The number of sulfone groups is 1. The molecule has 0 spiro atoms. The SMILES string of the molecule is CCOCCCS(=O)(=O)c1cc(C(=O)O)c(C)cc1C. The molecule has 0 unspecified atom stereocenters. The van der Waals surface area contributed by atoms with Crippen molar-refractivity contribution in [2.24, 2.45) is 0 Å². The van der Waals surface area contributed by atoms with Crippen molar-refractivity contribution in [3.8, 4) is 0 Å². The summed E-state index contributed by atoms with van der Waals surface area (Å²) < 4.78 is 29.6. The van der Waals surface area contributed by atoms with Crippen LogP contribution < -0.4 is 0 Å². The van der Waals surface area contributed by atoms with E-state index in [1.54, 1.807) is 19.9 Å². The van der Waals surface area contributed by atoms with Crippen molar-refractivity contribution < 1.29 is 23.1 Å². The lowest BCUT2D eigenvalue weighted by atomic mass is 10.1. The molecule has 5 nitrogen and oxygen atoms in total. The van der Waals surface area contributed by atoms with Crippen molar-refractivity contribution in [2.45, 2.75) is 32.1 Å². The second kappa shape index (κ2) is 6.85. The highest BCUT2D eigenvalue weighted by atomic mass is 32.2. The standard InChI is InChI=1S/C14H20O5S/c1-4-19-6-5-7-20(17,18)13-9-12(14(15)16)10(2)8-11(13)3/h8-9H,4-7H2,1-3H3,(H,15,16). The lowest BCUT2D eigenvalue weighted by Crippen LogP contribution is -2.13. The van der Waals surface area contributed by atoms with Crippen LogP contribution >= 0.6 is 0 Å². The van der Waals surface area contributed by atoms with Gasteiger partial charge in [-0.2, -0.15) is 0 Å². The Bertz CT molecular complexity index is 590. The number of ether oxygens (including phenoxy) is 1. The first-order valence-corrected chi connectivity index (χ1v) is 8.10. The van der Waals surface area contributed by atoms with E-state index < -0.39 is 15.8 Å². The minimum absolute atomic E-state index is 0.0268. The smallest absolute Gasteiger partial charge is 0.335 e. The molecule has 0 saturated carbocycles. The van der Waals surface area contributed by atoms with Gasteiger partial charge in [0, 0.05) is 13.2 Å². The van der Waals surface area contributed by atoms with Gasteiger partial charge in [-0.05, 0) is 44.4 Å². The summed E-state index contributed by atoms with van der Waals surface area (Å²) in [6.07, 6.45) is 0.395. The molecule has 0 aliphatic heterocycles. The van der Waals surface area contributed by atoms with Gasteiger partial charge in [0.2, 0.25) is 0 Å². The molecule has 0 radical (unpaired) electrons. The second-order valence-corrected chi connectivity index (χ2v) is 6.68. The third-order valence-corrected chi connectivity index (χ3v) is 4.93.